The van der Waals surface area contributed by atoms with Gasteiger partial charge in [-0.25, -0.2) is 0 Å². The molecular formula is C3HNO3S. The molecule has 0 aromatic rings. The van der Waals surface area contributed by atoms with Crippen molar-refractivity contribution in [1.29, 1.82) is 0 Å². The maximum absolute atomic E-state index is 10.1. The van der Waals surface area contributed by atoms with E-state index >= 15 is 0 Å². The Bertz CT molecular complexity index is 157. The second-order valence-electron chi connectivity index (χ2n) is 1.15. The van der Waals surface area contributed by atoms with E-state index in [9.17, 15) is 14.4 Å². The highest BCUT2D eigenvalue weighted by Gasteiger charge is 2.30. The SMILES string of the molecule is O=C1NSC(=O)C1=O. The van der Waals surface area contributed by atoms with Crippen molar-refractivity contribution in [2.24, 2.45) is 0 Å². The second-order valence-corrected chi connectivity index (χ2v) is 1.93. The van der Waals surface area contributed by atoms with Gasteiger partial charge in [0.15, 0.2) is 0 Å². The number of rotatable bonds is 0. The van der Waals surface area contributed by atoms with Gasteiger partial charge >= 0.3 is 5.91 Å². The van der Waals surface area contributed by atoms with E-state index in [1.54, 1.807) is 0 Å². The summed E-state index contributed by atoms with van der Waals surface area (Å²) in [4.78, 5) is 30.3. The summed E-state index contributed by atoms with van der Waals surface area (Å²) in [5, 5.41) is -0.727. The Hall–Kier alpha value is -0.840. The normalized spacial score (nSPS) is 19.2. The fourth-order valence-corrected chi connectivity index (χ4v) is 0.742. The van der Waals surface area contributed by atoms with Crippen molar-refractivity contribution in [3.05, 3.63) is 0 Å². The molecule has 1 heterocycles. The topological polar surface area (TPSA) is 63.2 Å². The quantitative estimate of drug-likeness (QED) is 0.333. The molecule has 0 unspecified atom stereocenters. The predicted molar refractivity (Wildman–Crippen MR) is 25.7 cm³/mol. The third-order valence-corrected chi connectivity index (χ3v) is 1.29. The third kappa shape index (κ3) is 0.604. The van der Waals surface area contributed by atoms with Crippen LogP contribution >= 0.6 is 11.9 Å². The number of carbonyl (C=O) groups is 3. The predicted octanol–water partition coefficient (Wildman–Crippen LogP) is -1.14. The minimum atomic E-state index is -0.963. The fraction of sp³-hybridized carbons (Fsp3) is 0. The summed E-state index contributed by atoms with van der Waals surface area (Å²) in [6.45, 7) is 0. The van der Waals surface area contributed by atoms with Crippen LogP contribution in [0.3, 0.4) is 0 Å². The van der Waals surface area contributed by atoms with Crippen LogP contribution in [0.4, 0.5) is 0 Å². The number of amides is 1. The van der Waals surface area contributed by atoms with Crippen molar-refractivity contribution >= 4 is 28.8 Å². The van der Waals surface area contributed by atoms with Crippen LogP contribution in [0.1, 0.15) is 0 Å². The molecular weight excluding hydrogens is 130 g/mol. The molecule has 1 saturated heterocycles. The Morgan fingerprint density at radius 2 is 1.88 bits per heavy atom. The van der Waals surface area contributed by atoms with Gasteiger partial charge in [0.1, 0.15) is 0 Å². The summed E-state index contributed by atoms with van der Waals surface area (Å²) in [5.74, 6) is -1.78. The van der Waals surface area contributed by atoms with Crippen LogP contribution in [0.25, 0.3) is 0 Å². The van der Waals surface area contributed by atoms with Crippen LogP contribution in [0, 0.1) is 0 Å². The van der Waals surface area contributed by atoms with Crippen LogP contribution in [0.5, 0.6) is 0 Å². The first-order valence-electron chi connectivity index (χ1n) is 1.77. The second kappa shape index (κ2) is 1.59. The maximum atomic E-state index is 10.1. The van der Waals surface area contributed by atoms with E-state index in [1.165, 1.54) is 0 Å². The lowest BCUT2D eigenvalue weighted by molar-refractivity contribution is -0.139. The molecule has 0 aliphatic carbocycles. The molecule has 1 N–H and O–H groups in total. The lowest BCUT2D eigenvalue weighted by Crippen LogP contribution is -2.17. The van der Waals surface area contributed by atoms with E-state index in [2.05, 4.69) is 0 Å². The van der Waals surface area contributed by atoms with Gasteiger partial charge in [0.25, 0.3) is 10.9 Å². The molecule has 5 heteroatoms. The number of nitrogens with one attached hydrogen (secondary N) is 1. The van der Waals surface area contributed by atoms with Crippen LogP contribution in [-0.2, 0) is 14.4 Å². The Labute approximate surface area is 48.8 Å². The molecule has 1 rings (SSSR count). The lowest BCUT2D eigenvalue weighted by atomic mass is 10.4. The van der Waals surface area contributed by atoms with E-state index in [1.807, 2.05) is 4.72 Å². The van der Waals surface area contributed by atoms with Crippen LogP contribution in [-0.4, -0.2) is 16.8 Å². The van der Waals surface area contributed by atoms with Gasteiger partial charge in [-0.1, -0.05) is 0 Å². The van der Waals surface area contributed by atoms with Crippen LogP contribution in [0.2, 0.25) is 0 Å². The molecule has 0 aromatic heterocycles. The molecule has 1 aliphatic heterocycles. The molecule has 1 aliphatic rings. The van der Waals surface area contributed by atoms with Gasteiger partial charge in [-0.05, 0) is 0 Å². The summed E-state index contributed by atoms with van der Waals surface area (Å²) in [6.07, 6.45) is 0. The molecule has 8 heavy (non-hydrogen) atoms. The summed E-state index contributed by atoms with van der Waals surface area (Å²) >= 11 is 0.525. The zero-order valence-corrected chi connectivity index (χ0v) is 4.45. The van der Waals surface area contributed by atoms with Crippen LogP contribution in [0.15, 0.2) is 0 Å². The van der Waals surface area contributed by atoms with Gasteiger partial charge in [-0.2, -0.15) is 0 Å². The lowest BCUT2D eigenvalue weighted by Gasteiger charge is -1.74. The highest BCUT2D eigenvalue weighted by Crippen LogP contribution is 2.04. The van der Waals surface area contributed by atoms with E-state index < -0.39 is 16.8 Å². The molecule has 1 fully saturated rings. The van der Waals surface area contributed by atoms with E-state index in [0.29, 0.717) is 11.9 Å². The number of Topliss-reactive ketones (excluding diaryl/α,β-unsaturated/α-hetero) is 1. The van der Waals surface area contributed by atoms with E-state index in [0.717, 1.165) is 0 Å². The Balaban J connectivity index is 2.86. The van der Waals surface area contributed by atoms with Gasteiger partial charge < -0.3 is 0 Å². The number of ketones is 1. The largest absolute Gasteiger partial charge is 0.306 e. The molecule has 4 nitrogen and oxygen atoms in total. The van der Waals surface area contributed by atoms with E-state index in [4.69, 9.17) is 0 Å². The molecule has 0 saturated carbocycles. The van der Waals surface area contributed by atoms with Crippen molar-refractivity contribution in [2.75, 3.05) is 0 Å². The smallest absolute Gasteiger partial charge is 0.286 e. The molecule has 0 spiro atoms. The average Bonchev–Trinajstić information content (AvgIpc) is 1.98. The van der Waals surface area contributed by atoms with Crippen molar-refractivity contribution in [1.82, 2.24) is 4.72 Å². The zero-order valence-electron chi connectivity index (χ0n) is 3.63. The Morgan fingerprint density at radius 1 is 1.25 bits per heavy atom. The first-order chi connectivity index (χ1) is 3.72. The van der Waals surface area contributed by atoms with Crippen molar-refractivity contribution in [2.45, 2.75) is 0 Å². The van der Waals surface area contributed by atoms with Gasteiger partial charge in [0.2, 0.25) is 0 Å². The maximum Gasteiger partial charge on any atom is 0.306 e. The highest BCUT2D eigenvalue weighted by molar-refractivity contribution is 8.15. The number of carbonyl (C=O) groups excluding carboxylic acids is 3. The third-order valence-electron chi connectivity index (χ3n) is 0.628. The van der Waals surface area contributed by atoms with Crippen molar-refractivity contribution in [3.63, 3.8) is 0 Å². The highest BCUT2D eigenvalue weighted by atomic mass is 32.2. The van der Waals surface area contributed by atoms with Crippen molar-refractivity contribution in [3.8, 4) is 0 Å². The molecule has 0 aromatic carbocycles. The summed E-state index contributed by atoms with van der Waals surface area (Å²) in [6, 6.07) is 0. The molecule has 0 radical (unpaired) electrons. The Morgan fingerprint density at radius 3 is 2.00 bits per heavy atom. The molecule has 0 bridgehead atoms. The molecule has 0 atom stereocenters. The summed E-state index contributed by atoms with van der Waals surface area (Å²) in [7, 11) is 0. The first kappa shape index (κ1) is 5.30. The van der Waals surface area contributed by atoms with Gasteiger partial charge in [0.05, 0.1) is 0 Å². The Kier molecular flexibility index (Phi) is 1.05. The minimum absolute atomic E-state index is 0.525. The summed E-state index contributed by atoms with van der Waals surface area (Å²) < 4.78 is 2.00. The fourth-order valence-electron chi connectivity index (χ4n) is 0.278. The van der Waals surface area contributed by atoms with Crippen molar-refractivity contribution < 1.29 is 14.4 Å². The average molecular weight is 131 g/mol. The zero-order chi connectivity index (χ0) is 6.15. The molecule has 1 amide bonds. The first-order valence-corrected chi connectivity index (χ1v) is 2.59. The summed E-state index contributed by atoms with van der Waals surface area (Å²) in [5.41, 5.74) is 0. The molecule has 42 valence electrons. The van der Waals surface area contributed by atoms with Gasteiger partial charge in [0, 0.05) is 11.9 Å². The minimum Gasteiger partial charge on any atom is -0.286 e. The van der Waals surface area contributed by atoms with Gasteiger partial charge in [-0.3, -0.25) is 19.1 Å². The van der Waals surface area contributed by atoms with Crippen LogP contribution < -0.4 is 4.72 Å². The number of hydrogen-bond donors (Lipinski definition) is 1. The van der Waals surface area contributed by atoms with E-state index in [-0.39, 0.29) is 0 Å². The standard InChI is InChI=1S/C3HNO3S/c5-1-2(6)4-8-3(1)7/h(H,4,6). The number of hydrogen-bond acceptors (Lipinski definition) is 4. The van der Waals surface area contributed by atoms with Gasteiger partial charge in [-0.15, -0.1) is 0 Å². The monoisotopic (exact) mass is 131 g/mol.